The Balaban J connectivity index is 5.49. The average Bonchev–Trinajstić information content (AvgIpc) is 2.17. The SMILES string of the molecule is C=CCC(N)(CCC)[N+](C)(C)C(C)(C)C(=O)O. The number of quaternary nitrogens is 1. The van der Waals surface area contributed by atoms with Crippen LogP contribution in [-0.2, 0) is 4.79 Å². The molecule has 0 aromatic carbocycles. The predicted molar refractivity (Wildman–Crippen MR) is 70.5 cm³/mol. The van der Waals surface area contributed by atoms with E-state index in [0.717, 1.165) is 12.8 Å². The van der Waals surface area contributed by atoms with Gasteiger partial charge >= 0.3 is 5.97 Å². The van der Waals surface area contributed by atoms with Gasteiger partial charge in [0.25, 0.3) is 0 Å². The lowest BCUT2D eigenvalue weighted by Gasteiger charge is -2.53. The minimum atomic E-state index is -0.938. The second-order valence-electron chi connectivity index (χ2n) is 5.66. The molecule has 0 aromatic heterocycles. The molecule has 4 nitrogen and oxygen atoms in total. The van der Waals surface area contributed by atoms with Crippen LogP contribution in [-0.4, -0.2) is 40.9 Å². The average molecular weight is 243 g/mol. The van der Waals surface area contributed by atoms with E-state index in [4.69, 9.17) is 5.73 Å². The Kier molecular flexibility index (Phi) is 4.92. The van der Waals surface area contributed by atoms with E-state index < -0.39 is 17.2 Å². The normalized spacial score (nSPS) is 16.4. The molecule has 0 saturated heterocycles. The van der Waals surface area contributed by atoms with Gasteiger partial charge in [-0.2, -0.15) is 0 Å². The molecule has 0 bridgehead atoms. The standard InChI is InChI=1S/C13H26N2O2/c1-7-9-13(14,10-8-2)15(5,6)12(3,4)11(16)17/h7H,1,8-10,14H2,2-6H3/p+1. The molecule has 0 aromatic rings. The summed E-state index contributed by atoms with van der Waals surface area (Å²) in [6.45, 7) is 9.22. The van der Waals surface area contributed by atoms with E-state index in [2.05, 4.69) is 13.5 Å². The monoisotopic (exact) mass is 243 g/mol. The van der Waals surface area contributed by atoms with E-state index in [0.29, 0.717) is 6.42 Å². The van der Waals surface area contributed by atoms with E-state index in [1.54, 1.807) is 19.9 Å². The first-order valence-corrected chi connectivity index (χ1v) is 6.04. The molecule has 1 unspecified atom stereocenters. The summed E-state index contributed by atoms with van der Waals surface area (Å²) in [5.41, 5.74) is 4.92. The molecule has 100 valence electrons. The molecule has 17 heavy (non-hydrogen) atoms. The first kappa shape index (κ1) is 16.1. The number of carbonyl (C=O) groups is 1. The summed E-state index contributed by atoms with van der Waals surface area (Å²) in [5.74, 6) is -0.836. The number of nitrogens with two attached hydrogens (primary N) is 1. The van der Waals surface area contributed by atoms with Gasteiger partial charge in [0.15, 0.2) is 11.2 Å². The fourth-order valence-corrected chi connectivity index (χ4v) is 2.09. The zero-order chi connectivity index (χ0) is 13.9. The van der Waals surface area contributed by atoms with Crippen LogP contribution < -0.4 is 5.73 Å². The van der Waals surface area contributed by atoms with Crippen molar-refractivity contribution in [3.63, 3.8) is 0 Å². The molecule has 0 saturated carbocycles. The number of aliphatic carboxylic acids is 1. The van der Waals surface area contributed by atoms with Crippen LogP contribution in [0, 0.1) is 0 Å². The minimum Gasteiger partial charge on any atom is -0.477 e. The van der Waals surface area contributed by atoms with Crippen LogP contribution in [0.15, 0.2) is 12.7 Å². The van der Waals surface area contributed by atoms with Crippen molar-refractivity contribution in [3.8, 4) is 0 Å². The summed E-state index contributed by atoms with van der Waals surface area (Å²) in [4.78, 5) is 11.4. The second kappa shape index (κ2) is 5.19. The van der Waals surface area contributed by atoms with Crippen molar-refractivity contribution in [2.75, 3.05) is 14.1 Å². The van der Waals surface area contributed by atoms with Crippen LogP contribution in [0.4, 0.5) is 0 Å². The fourth-order valence-electron chi connectivity index (χ4n) is 2.09. The van der Waals surface area contributed by atoms with Crippen LogP contribution in [0.3, 0.4) is 0 Å². The van der Waals surface area contributed by atoms with Crippen molar-refractivity contribution in [2.45, 2.75) is 51.2 Å². The highest BCUT2D eigenvalue weighted by molar-refractivity contribution is 5.76. The topological polar surface area (TPSA) is 63.3 Å². The summed E-state index contributed by atoms with van der Waals surface area (Å²) in [6, 6.07) is 0. The molecule has 0 aliphatic carbocycles. The highest BCUT2D eigenvalue weighted by Gasteiger charge is 2.54. The molecular formula is C13H27N2O2+. The van der Waals surface area contributed by atoms with E-state index >= 15 is 0 Å². The van der Waals surface area contributed by atoms with Gasteiger partial charge in [0, 0.05) is 26.7 Å². The first-order valence-electron chi connectivity index (χ1n) is 6.04. The lowest BCUT2D eigenvalue weighted by Crippen LogP contribution is -2.74. The van der Waals surface area contributed by atoms with E-state index in [1.807, 2.05) is 14.1 Å². The van der Waals surface area contributed by atoms with Crippen molar-refractivity contribution in [1.29, 1.82) is 0 Å². The van der Waals surface area contributed by atoms with E-state index in [9.17, 15) is 9.90 Å². The Morgan fingerprint density at radius 3 is 2.24 bits per heavy atom. The molecule has 3 N–H and O–H groups in total. The maximum absolute atomic E-state index is 11.4. The number of hydrogen-bond acceptors (Lipinski definition) is 2. The van der Waals surface area contributed by atoms with Crippen molar-refractivity contribution in [2.24, 2.45) is 5.73 Å². The zero-order valence-electron chi connectivity index (χ0n) is 11.8. The van der Waals surface area contributed by atoms with Gasteiger partial charge in [-0.05, 0) is 6.42 Å². The number of rotatable bonds is 7. The Labute approximate surface area is 105 Å². The highest BCUT2D eigenvalue weighted by atomic mass is 16.4. The molecule has 0 aliphatic heterocycles. The molecule has 1 atom stereocenters. The predicted octanol–water partition coefficient (Wildman–Crippen LogP) is 1.96. The first-order chi connectivity index (χ1) is 7.56. The van der Waals surface area contributed by atoms with Crippen LogP contribution >= 0.6 is 0 Å². The summed E-state index contributed by atoms with van der Waals surface area (Å²) in [5, 5.41) is 9.38. The Bertz CT molecular complexity index is 298. The van der Waals surface area contributed by atoms with Gasteiger partial charge in [-0.25, -0.2) is 4.79 Å². The van der Waals surface area contributed by atoms with Gasteiger partial charge in [0.2, 0.25) is 0 Å². The molecule has 0 aliphatic rings. The van der Waals surface area contributed by atoms with Gasteiger partial charge in [-0.15, -0.1) is 6.58 Å². The molecular weight excluding hydrogens is 216 g/mol. The van der Waals surface area contributed by atoms with Crippen molar-refractivity contribution in [1.82, 2.24) is 0 Å². The van der Waals surface area contributed by atoms with Gasteiger partial charge in [-0.3, -0.25) is 10.2 Å². The van der Waals surface area contributed by atoms with Crippen LogP contribution in [0.2, 0.25) is 0 Å². The third kappa shape index (κ3) is 2.69. The van der Waals surface area contributed by atoms with Crippen LogP contribution in [0.25, 0.3) is 0 Å². The third-order valence-electron chi connectivity index (χ3n) is 4.21. The molecule has 0 amide bonds. The third-order valence-corrected chi connectivity index (χ3v) is 4.21. The van der Waals surface area contributed by atoms with Crippen molar-refractivity contribution in [3.05, 3.63) is 12.7 Å². The molecule has 0 spiro atoms. The minimum absolute atomic E-state index is 0.231. The van der Waals surface area contributed by atoms with E-state index in [1.165, 1.54) is 0 Å². The number of hydrogen-bond donors (Lipinski definition) is 2. The summed E-state index contributed by atoms with van der Waals surface area (Å²) < 4.78 is 0.231. The molecule has 4 heteroatoms. The van der Waals surface area contributed by atoms with Gasteiger partial charge in [0.1, 0.15) is 0 Å². The summed E-state index contributed by atoms with van der Waals surface area (Å²) in [7, 11) is 3.76. The van der Waals surface area contributed by atoms with Crippen LogP contribution in [0.1, 0.15) is 40.0 Å². The van der Waals surface area contributed by atoms with Gasteiger partial charge in [-0.1, -0.05) is 13.0 Å². The quantitative estimate of drug-likeness (QED) is 0.408. The van der Waals surface area contributed by atoms with Gasteiger partial charge in [0.05, 0.1) is 14.1 Å². The largest absolute Gasteiger partial charge is 0.477 e. The van der Waals surface area contributed by atoms with E-state index in [-0.39, 0.29) is 4.48 Å². The zero-order valence-corrected chi connectivity index (χ0v) is 11.8. The Morgan fingerprint density at radius 2 is 1.94 bits per heavy atom. The Morgan fingerprint density at radius 1 is 1.47 bits per heavy atom. The second-order valence-corrected chi connectivity index (χ2v) is 5.66. The highest BCUT2D eigenvalue weighted by Crippen LogP contribution is 2.34. The summed E-state index contributed by atoms with van der Waals surface area (Å²) in [6.07, 6.45) is 4.06. The smallest absolute Gasteiger partial charge is 0.365 e. The Hall–Kier alpha value is -0.870. The molecule has 0 fully saturated rings. The number of carboxylic acids is 1. The maximum atomic E-state index is 11.4. The lowest BCUT2D eigenvalue weighted by molar-refractivity contribution is -0.976. The number of carboxylic acid groups (broad SMARTS) is 1. The maximum Gasteiger partial charge on any atom is 0.365 e. The summed E-state index contributed by atoms with van der Waals surface area (Å²) >= 11 is 0. The fraction of sp³-hybridized carbons (Fsp3) is 0.769. The van der Waals surface area contributed by atoms with Crippen LogP contribution in [0.5, 0.6) is 0 Å². The molecule has 0 heterocycles. The van der Waals surface area contributed by atoms with Crippen molar-refractivity contribution < 1.29 is 14.4 Å². The molecule has 0 rings (SSSR count). The molecule has 0 radical (unpaired) electrons. The number of nitrogens with zero attached hydrogens (tertiary/aromatic N) is 1. The lowest BCUT2D eigenvalue weighted by atomic mass is 9.89. The number of likely N-dealkylation sites (N-methyl/N-ethyl adjacent to an activating group) is 1. The van der Waals surface area contributed by atoms with Crippen molar-refractivity contribution >= 4 is 5.97 Å². The van der Waals surface area contributed by atoms with Gasteiger partial charge < -0.3 is 5.11 Å².